The van der Waals surface area contributed by atoms with Crippen molar-refractivity contribution in [3.05, 3.63) is 59.7 Å². The third-order valence-corrected chi connectivity index (χ3v) is 4.19. The van der Waals surface area contributed by atoms with Crippen LogP contribution in [0.2, 0.25) is 0 Å². The highest BCUT2D eigenvalue weighted by Crippen LogP contribution is 2.20. The minimum Gasteiger partial charge on any atom is -0.345 e. The van der Waals surface area contributed by atoms with Crippen LogP contribution in [0.1, 0.15) is 32.8 Å². The Morgan fingerprint density at radius 3 is 2.60 bits per heavy atom. The van der Waals surface area contributed by atoms with Gasteiger partial charge in [-0.25, -0.2) is 0 Å². The first-order chi connectivity index (χ1) is 12.1. The Kier molecular flexibility index (Phi) is 4.83. The van der Waals surface area contributed by atoms with Crippen LogP contribution in [0.4, 0.5) is 0 Å². The normalized spacial score (nSPS) is 13.1. The van der Waals surface area contributed by atoms with Crippen molar-refractivity contribution in [2.24, 2.45) is 0 Å². The van der Waals surface area contributed by atoms with Crippen LogP contribution in [0.25, 0.3) is 0 Å². The predicted molar refractivity (Wildman–Crippen MR) is 89.8 cm³/mol. The number of rotatable bonds is 6. The fourth-order valence-corrected chi connectivity index (χ4v) is 2.69. The molecule has 0 aromatic carbocycles. The topological polar surface area (TPSA) is 83.5 Å². The van der Waals surface area contributed by atoms with Gasteiger partial charge in [-0.1, -0.05) is 0 Å². The molecular weight excluding hydrogens is 320 g/mol. The molecule has 0 fully saturated rings. The van der Waals surface area contributed by atoms with Gasteiger partial charge in [-0.2, -0.15) is 0 Å². The molecule has 128 valence electrons. The molecule has 0 bridgehead atoms. The van der Waals surface area contributed by atoms with E-state index in [1.807, 2.05) is 12.1 Å². The maximum atomic E-state index is 12.3. The van der Waals surface area contributed by atoms with Crippen molar-refractivity contribution < 1.29 is 14.4 Å². The second kappa shape index (κ2) is 7.21. The number of nitrogens with zero attached hydrogens (tertiary/aromatic N) is 4. The van der Waals surface area contributed by atoms with Crippen LogP contribution in [0.3, 0.4) is 0 Å². The summed E-state index contributed by atoms with van der Waals surface area (Å²) in [5.41, 5.74) is 1.55. The number of carbonyl (C=O) groups is 3. The van der Waals surface area contributed by atoms with E-state index in [-0.39, 0.29) is 30.5 Å². The molecule has 25 heavy (non-hydrogen) atoms. The lowest BCUT2D eigenvalue weighted by atomic mass is 10.2. The Morgan fingerprint density at radius 2 is 1.88 bits per heavy atom. The molecule has 0 saturated heterocycles. The standard InChI is InChI=1S/C18H18N4O3/c1-21(11-6-13-4-9-19-10-5-13)15(23)7-12-22-17(24)14-3-2-8-20-16(14)18(22)25/h2-5,8-10H,6-7,11-12H2,1H3. The van der Waals surface area contributed by atoms with Gasteiger partial charge in [0.2, 0.25) is 5.91 Å². The summed E-state index contributed by atoms with van der Waals surface area (Å²) >= 11 is 0. The average molecular weight is 338 g/mol. The fourth-order valence-electron chi connectivity index (χ4n) is 2.69. The Labute approximate surface area is 145 Å². The van der Waals surface area contributed by atoms with E-state index in [1.54, 1.807) is 36.5 Å². The maximum Gasteiger partial charge on any atom is 0.280 e. The summed E-state index contributed by atoms with van der Waals surface area (Å²) in [5.74, 6) is -0.938. The highest BCUT2D eigenvalue weighted by atomic mass is 16.2. The first kappa shape index (κ1) is 16.8. The van der Waals surface area contributed by atoms with Crippen molar-refractivity contribution in [2.45, 2.75) is 12.8 Å². The fraction of sp³-hybridized carbons (Fsp3) is 0.278. The Bertz CT molecular complexity index is 772. The van der Waals surface area contributed by atoms with Crippen molar-refractivity contribution in [3.8, 4) is 0 Å². The summed E-state index contributed by atoms with van der Waals surface area (Å²) in [7, 11) is 1.72. The molecule has 3 amide bonds. The SMILES string of the molecule is CN(CCc1ccncc1)C(=O)CCN1C(=O)c2cccnc2C1=O. The number of hydrogen-bond donors (Lipinski definition) is 0. The third kappa shape index (κ3) is 3.55. The molecule has 1 aliphatic rings. The zero-order valence-corrected chi connectivity index (χ0v) is 13.9. The minimum atomic E-state index is -0.437. The van der Waals surface area contributed by atoms with E-state index in [1.165, 1.54) is 6.20 Å². The van der Waals surface area contributed by atoms with Crippen LogP contribution in [-0.2, 0) is 11.2 Å². The van der Waals surface area contributed by atoms with Gasteiger partial charge in [-0.15, -0.1) is 0 Å². The summed E-state index contributed by atoms with van der Waals surface area (Å²) in [6, 6.07) is 7.00. The summed E-state index contributed by atoms with van der Waals surface area (Å²) < 4.78 is 0. The van der Waals surface area contributed by atoms with Gasteiger partial charge in [0.05, 0.1) is 5.56 Å². The number of amides is 3. The van der Waals surface area contributed by atoms with Crippen LogP contribution in [0.15, 0.2) is 42.9 Å². The maximum absolute atomic E-state index is 12.3. The van der Waals surface area contributed by atoms with Crippen molar-refractivity contribution in [1.82, 2.24) is 19.8 Å². The van der Waals surface area contributed by atoms with Gasteiger partial charge < -0.3 is 4.90 Å². The molecule has 0 atom stereocenters. The second-order valence-electron chi connectivity index (χ2n) is 5.83. The Hall–Kier alpha value is -3.09. The van der Waals surface area contributed by atoms with Crippen LogP contribution in [-0.4, -0.2) is 57.6 Å². The van der Waals surface area contributed by atoms with E-state index in [2.05, 4.69) is 9.97 Å². The second-order valence-corrected chi connectivity index (χ2v) is 5.83. The lowest BCUT2D eigenvalue weighted by Gasteiger charge is -2.19. The molecule has 1 aliphatic heterocycles. The number of hydrogen-bond acceptors (Lipinski definition) is 5. The summed E-state index contributed by atoms with van der Waals surface area (Å²) in [5, 5.41) is 0. The minimum absolute atomic E-state index is 0.0620. The predicted octanol–water partition coefficient (Wildman–Crippen LogP) is 1.16. The van der Waals surface area contributed by atoms with Crippen LogP contribution in [0, 0.1) is 0 Å². The van der Waals surface area contributed by atoms with Gasteiger partial charge in [-0.3, -0.25) is 29.3 Å². The van der Waals surface area contributed by atoms with E-state index < -0.39 is 5.91 Å². The zero-order chi connectivity index (χ0) is 17.8. The molecule has 2 aromatic rings. The monoisotopic (exact) mass is 338 g/mol. The van der Waals surface area contributed by atoms with Gasteiger partial charge in [-0.05, 0) is 36.2 Å². The number of carbonyl (C=O) groups excluding carboxylic acids is 3. The lowest BCUT2D eigenvalue weighted by Crippen LogP contribution is -2.36. The molecule has 0 spiro atoms. The molecule has 7 nitrogen and oxygen atoms in total. The highest BCUT2D eigenvalue weighted by molar-refractivity contribution is 6.20. The van der Waals surface area contributed by atoms with E-state index in [0.29, 0.717) is 12.1 Å². The number of imide groups is 1. The van der Waals surface area contributed by atoms with Gasteiger partial charge in [0.15, 0.2) is 0 Å². The highest BCUT2D eigenvalue weighted by Gasteiger charge is 2.36. The third-order valence-electron chi connectivity index (χ3n) is 4.19. The molecule has 0 radical (unpaired) electrons. The quantitative estimate of drug-likeness (QED) is 0.738. The largest absolute Gasteiger partial charge is 0.345 e. The lowest BCUT2D eigenvalue weighted by molar-refractivity contribution is -0.129. The van der Waals surface area contributed by atoms with Crippen molar-refractivity contribution >= 4 is 17.7 Å². The molecule has 7 heteroatoms. The van der Waals surface area contributed by atoms with E-state index in [9.17, 15) is 14.4 Å². The number of fused-ring (bicyclic) bond motifs is 1. The number of likely N-dealkylation sites (N-methyl/N-ethyl adjacent to an activating group) is 1. The zero-order valence-electron chi connectivity index (χ0n) is 13.9. The molecule has 0 saturated carbocycles. The number of pyridine rings is 2. The number of aromatic nitrogens is 2. The van der Waals surface area contributed by atoms with E-state index in [0.717, 1.165) is 16.9 Å². The van der Waals surface area contributed by atoms with E-state index >= 15 is 0 Å². The summed E-state index contributed by atoms with van der Waals surface area (Å²) in [4.78, 5) is 47.3. The molecule has 0 unspecified atom stereocenters. The first-order valence-electron chi connectivity index (χ1n) is 8.02. The average Bonchev–Trinajstić information content (AvgIpc) is 2.89. The van der Waals surface area contributed by atoms with Crippen molar-refractivity contribution in [2.75, 3.05) is 20.1 Å². The summed E-state index contributed by atoms with van der Waals surface area (Å²) in [6.45, 7) is 0.624. The molecule has 0 aliphatic carbocycles. The Balaban J connectivity index is 1.52. The van der Waals surface area contributed by atoms with Gasteiger partial charge in [0.25, 0.3) is 11.8 Å². The van der Waals surface area contributed by atoms with Crippen molar-refractivity contribution in [1.29, 1.82) is 0 Å². The smallest absolute Gasteiger partial charge is 0.280 e. The van der Waals surface area contributed by atoms with Crippen molar-refractivity contribution in [3.63, 3.8) is 0 Å². The van der Waals surface area contributed by atoms with Gasteiger partial charge in [0, 0.05) is 45.1 Å². The molecule has 2 aromatic heterocycles. The summed E-state index contributed by atoms with van der Waals surface area (Å²) in [6.07, 6.45) is 5.73. The molecule has 3 heterocycles. The van der Waals surface area contributed by atoms with Gasteiger partial charge in [0.1, 0.15) is 5.69 Å². The molecule has 0 N–H and O–H groups in total. The molecular formula is C18H18N4O3. The van der Waals surface area contributed by atoms with Crippen LogP contribution < -0.4 is 0 Å². The van der Waals surface area contributed by atoms with Gasteiger partial charge >= 0.3 is 0 Å². The van der Waals surface area contributed by atoms with E-state index in [4.69, 9.17) is 0 Å². The van der Waals surface area contributed by atoms with Crippen LogP contribution in [0.5, 0.6) is 0 Å². The van der Waals surface area contributed by atoms with Crippen LogP contribution >= 0.6 is 0 Å². The molecule has 3 rings (SSSR count). The first-order valence-corrected chi connectivity index (χ1v) is 8.02. The Morgan fingerprint density at radius 1 is 1.12 bits per heavy atom.